The largest absolute Gasteiger partial charge is 0.388 e. The van der Waals surface area contributed by atoms with Gasteiger partial charge in [0.2, 0.25) is 18.2 Å². The number of anilines is 1. The van der Waals surface area contributed by atoms with Gasteiger partial charge in [0.25, 0.3) is 5.91 Å². The zero-order chi connectivity index (χ0) is 24.4. The van der Waals surface area contributed by atoms with Crippen molar-refractivity contribution in [1.29, 1.82) is 0 Å². The molecule has 1 saturated heterocycles. The maximum absolute atomic E-state index is 12.7. The Balaban J connectivity index is 0.000000293. The number of imide groups is 1. The van der Waals surface area contributed by atoms with E-state index in [9.17, 15) is 19.2 Å². The first-order valence-electron chi connectivity index (χ1n) is 10.8. The van der Waals surface area contributed by atoms with E-state index in [0.717, 1.165) is 21.8 Å². The second kappa shape index (κ2) is 12.6. The molecule has 4 rings (SSSR count). The van der Waals surface area contributed by atoms with Gasteiger partial charge in [-0.3, -0.25) is 24.5 Å². The molecule has 2 aliphatic heterocycles. The molecular formula is C24H29ClN4O4. The number of nitrogens with zero attached hydrogens (tertiary/aromatic N) is 1. The van der Waals surface area contributed by atoms with Gasteiger partial charge in [0.1, 0.15) is 6.04 Å². The van der Waals surface area contributed by atoms with Gasteiger partial charge in [0, 0.05) is 42.8 Å². The van der Waals surface area contributed by atoms with Crippen molar-refractivity contribution in [2.75, 3.05) is 12.4 Å². The molecule has 176 valence electrons. The Hall–Kier alpha value is -3.39. The Morgan fingerprint density at radius 3 is 2.48 bits per heavy atom. The number of benzene rings is 2. The van der Waals surface area contributed by atoms with Gasteiger partial charge in [-0.25, -0.2) is 0 Å². The van der Waals surface area contributed by atoms with E-state index in [1.807, 2.05) is 57.3 Å². The first-order chi connectivity index (χ1) is 15.9. The fourth-order valence-corrected chi connectivity index (χ4v) is 3.82. The topological polar surface area (TPSA) is 108 Å². The first-order valence-corrected chi connectivity index (χ1v) is 11.2. The summed E-state index contributed by atoms with van der Waals surface area (Å²) in [4.78, 5) is 47.8. The Labute approximate surface area is 198 Å². The van der Waals surface area contributed by atoms with Gasteiger partial charge in [0.05, 0.1) is 0 Å². The zero-order valence-electron chi connectivity index (χ0n) is 19.0. The predicted octanol–water partition coefficient (Wildman–Crippen LogP) is 3.10. The molecule has 1 unspecified atom stereocenters. The molecule has 2 aromatic carbocycles. The van der Waals surface area contributed by atoms with Crippen molar-refractivity contribution < 1.29 is 19.2 Å². The molecule has 0 radical (unpaired) electrons. The molecule has 0 bridgehead atoms. The summed E-state index contributed by atoms with van der Waals surface area (Å²) in [5, 5.41) is 8.57. The van der Waals surface area contributed by atoms with Crippen molar-refractivity contribution in [3.8, 4) is 0 Å². The quantitative estimate of drug-likeness (QED) is 0.458. The Bertz CT molecular complexity index is 1010. The van der Waals surface area contributed by atoms with Crippen LogP contribution in [0, 0.1) is 0 Å². The second-order valence-electron chi connectivity index (χ2n) is 7.11. The number of hydrogen-bond acceptors (Lipinski definition) is 5. The van der Waals surface area contributed by atoms with E-state index in [0.29, 0.717) is 24.9 Å². The van der Waals surface area contributed by atoms with Crippen LogP contribution in [0.25, 0.3) is 0 Å². The fraction of sp³-hybridized carbons (Fsp3) is 0.333. The molecule has 3 N–H and O–H groups in total. The van der Waals surface area contributed by atoms with E-state index in [1.165, 1.54) is 4.90 Å². The number of piperidine rings is 1. The number of carbonyl (C=O) groups is 4. The van der Waals surface area contributed by atoms with Crippen LogP contribution in [0.15, 0.2) is 42.5 Å². The summed E-state index contributed by atoms with van der Waals surface area (Å²) in [5.41, 5.74) is 3.15. The molecule has 2 heterocycles. The summed E-state index contributed by atoms with van der Waals surface area (Å²) in [5.74, 6) is -0.959. The number of halogens is 1. The number of rotatable bonds is 5. The standard InChI is InChI=1S/C15H15N3O4.C7H8ClN.C2H6/c19-8-16-6-9-2-1-3-10-7-18(15(22)13(9)10)11-4-5-12(20)17-14(11)21;1-9-7-4-2-3-6(8)5-7;1-2/h1-3,8,11H,4-7H2,(H,16,19)(H,17,20,21);2-5,9H,1H3;1-2H3. The lowest BCUT2D eigenvalue weighted by molar-refractivity contribution is -0.136. The molecule has 4 amide bonds. The lowest BCUT2D eigenvalue weighted by atomic mass is 10.0. The molecule has 0 aliphatic carbocycles. The smallest absolute Gasteiger partial charge is 0.255 e. The van der Waals surface area contributed by atoms with E-state index < -0.39 is 11.9 Å². The molecule has 0 spiro atoms. The minimum absolute atomic E-state index is 0.229. The van der Waals surface area contributed by atoms with E-state index in [4.69, 9.17) is 11.6 Å². The third-order valence-electron chi connectivity index (χ3n) is 5.13. The molecule has 2 aromatic rings. The summed E-state index contributed by atoms with van der Waals surface area (Å²) in [6, 6.07) is 12.4. The number of carbonyl (C=O) groups excluding carboxylic acids is 4. The molecular weight excluding hydrogens is 444 g/mol. The molecule has 1 fully saturated rings. The van der Waals surface area contributed by atoms with Crippen molar-refractivity contribution in [2.24, 2.45) is 0 Å². The highest BCUT2D eigenvalue weighted by molar-refractivity contribution is 6.30. The van der Waals surface area contributed by atoms with E-state index in [1.54, 1.807) is 6.07 Å². The highest BCUT2D eigenvalue weighted by atomic mass is 35.5. The van der Waals surface area contributed by atoms with Crippen LogP contribution in [0.4, 0.5) is 5.69 Å². The third-order valence-corrected chi connectivity index (χ3v) is 5.36. The summed E-state index contributed by atoms with van der Waals surface area (Å²) < 4.78 is 0. The zero-order valence-corrected chi connectivity index (χ0v) is 19.7. The average Bonchev–Trinajstić information content (AvgIpc) is 3.16. The van der Waals surface area contributed by atoms with Gasteiger partial charge in [-0.05, 0) is 35.7 Å². The normalized spacial score (nSPS) is 16.4. The van der Waals surface area contributed by atoms with Crippen molar-refractivity contribution in [1.82, 2.24) is 15.5 Å². The van der Waals surface area contributed by atoms with E-state index in [2.05, 4.69) is 16.0 Å². The van der Waals surface area contributed by atoms with Crippen molar-refractivity contribution in [3.05, 3.63) is 64.2 Å². The van der Waals surface area contributed by atoms with Gasteiger partial charge in [-0.15, -0.1) is 0 Å². The monoisotopic (exact) mass is 472 g/mol. The molecule has 8 nitrogen and oxygen atoms in total. The minimum Gasteiger partial charge on any atom is -0.388 e. The summed E-state index contributed by atoms with van der Waals surface area (Å²) >= 11 is 5.68. The first kappa shape index (κ1) is 25.9. The maximum Gasteiger partial charge on any atom is 0.255 e. The highest BCUT2D eigenvalue weighted by Crippen LogP contribution is 2.29. The van der Waals surface area contributed by atoms with Gasteiger partial charge >= 0.3 is 0 Å². The van der Waals surface area contributed by atoms with E-state index >= 15 is 0 Å². The molecule has 0 aromatic heterocycles. The fourth-order valence-electron chi connectivity index (χ4n) is 3.63. The van der Waals surface area contributed by atoms with E-state index in [-0.39, 0.29) is 24.8 Å². The Morgan fingerprint density at radius 1 is 1.15 bits per heavy atom. The van der Waals surface area contributed by atoms with Crippen LogP contribution < -0.4 is 16.0 Å². The lowest BCUT2D eigenvalue weighted by Crippen LogP contribution is -2.52. The van der Waals surface area contributed by atoms with Crippen LogP contribution >= 0.6 is 11.6 Å². The number of fused-ring (bicyclic) bond motifs is 1. The second-order valence-corrected chi connectivity index (χ2v) is 7.55. The van der Waals surface area contributed by atoms with Crippen molar-refractivity contribution in [3.63, 3.8) is 0 Å². The summed E-state index contributed by atoms with van der Waals surface area (Å²) in [6.45, 7) is 4.61. The maximum atomic E-state index is 12.7. The number of hydrogen-bond donors (Lipinski definition) is 3. The Morgan fingerprint density at radius 2 is 1.88 bits per heavy atom. The predicted molar refractivity (Wildman–Crippen MR) is 128 cm³/mol. The molecule has 1 atom stereocenters. The summed E-state index contributed by atoms with van der Waals surface area (Å²) in [7, 11) is 1.87. The lowest BCUT2D eigenvalue weighted by Gasteiger charge is -2.29. The van der Waals surface area contributed by atoms with Gasteiger partial charge in [0.15, 0.2) is 0 Å². The van der Waals surface area contributed by atoms with Gasteiger partial charge in [-0.1, -0.05) is 49.7 Å². The van der Waals surface area contributed by atoms with Crippen LogP contribution in [0.2, 0.25) is 5.02 Å². The molecule has 9 heteroatoms. The van der Waals surface area contributed by atoms with Crippen LogP contribution in [-0.4, -0.2) is 42.1 Å². The van der Waals surface area contributed by atoms with Crippen molar-refractivity contribution in [2.45, 2.75) is 45.8 Å². The molecule has 2 aliphatic rings. The highest BCUT2D eigenvalue weighted by Gasteiger charge is 2.39. The van der Waals surface area contributed by atoms with Gasteiger partial charge in [-0.2, -0.15) is 0 Å². The molecule has 33 heavy (non-hydrogen) atoms. The van der Waals surface area contributed by atoms with Gasteiger partial charge < -0.3 is 15.5 Å². The van der Waals surface area contributed by atoms with Crippen LogP contribution in [-0.2, 0) is 27.5 Å². The minimum atomic E-state index is -0.621. The van der Waals surface area contributed by atoms with Crippen LogP contribution in [0.5, 0.6) is 0 Å². The average molecular weight is 473 g/mol. The van der Waals surface area contributed by atoms with Crippen molar-refractivity contribution >= 4 is 41.4 Å². The number of nitrogens with one attached hydrogen (secondary N) is 3. The summed E-state index contributed by atoms with van der Waals surface area (Å²) in [6.07, 6.45) is 1.15. The SMILES string of the molecule is CC.CNc1cccc(Cl)c1.O=CNCc1cccc2c1C(=O)N(C1CCC(=O)NC1=O)C2. The van der Waals surface area contributed by atoms with Crippen LogP contribution in [0.3, 0.4) is 0 Å². The number of amides is 4. The Kier molecular flexibility index (Phi) is 9.87. The molecule has 0 saturated carbocycles. The van der Waals surface area contributed by atoms with Crippen LogP contribution in [0.1, 0.15) is 48.2 Å². The third kappa shape index (κ3) is 6.55.